The van der Waals surface area contributed by atoms with Crippen LogP contribution in [0.25, 0.3) is 0 Å². The quantitative estimate of drug-likeness (QED) is 0.372. The van der Waals surface area contributed by atoms with Gasteiger partial charge in [-0.25, -0.2) is 0 Å². The summed E-state index contributed by atoms with van der Waals surface area (Å²) < 4.78 is 24.0. The zero-order chi connectivity index (χ0) is 14.9. The summed E-state index contributed by atoms with van der Waals surface area (Å²) in [5.41, 5.74) is -1.55. The van der Waals surface area contributed by atoms with Crippen LogP contribution < -0.4 is 0 Å². The molecule has 0 N–H and O–H groups in total. The SMILES string of the molecule is [2H]C([2H])=CCC(CC=C)(C(=O)OCC)C(=O)OCC. The minimum Gasteiger partial charge on any atom is -0.465 e. The van der Waals surface area contributed by atoms with Crippen molar-refractivity contribution in [3.63, 3.8) is 0 Å². The van der Waals surface area contributed by atoms with E-state index < -0.39 is 23.9 Å². The average Bonchev–Trinajstić information content (AvgIpc) is 2.34. The molecule has 0 aliphatic heterocycles. The molecule has 0 saturated heterocycles. The highest BCUT2D eigenvalue weighted by molar-refractivity contribution is 6.00. The molecular formula is C13H20O4. The van der Waals surface area contributed by atoms with E-state index in [1.54, 1.807) is 13.8 Å². The number of carbonyl (C=O) groups is 2. The molecule has 0 aromatic carbocycles. The Morgan fingerprint density at radius 1 is 1.18 bits per heavy atom. The van der Waals surface area contributed by atoms with Crippen molar-refractivity contribution < 1.29 is 21.8 Å². The third-order valence-corrected chi connectivity index (χ3v) is 2.28. The third-order valence-electron chi connectivity index (χ3n) is 2.28. The van der Waals surface area contributed by atoms with E-state index in [-0.39, 0.29) is 26.1 Å². The monoisotopic (exact) mass is 242 g/mol. The molecule has 17 heavy (non-hydrogen) atoms. The Kier molecular flexibility index (Phi) is 5.35. The lowest BCUT2D eigenvalue weighted by Gasteiger charge is -2.26. The van der Waals surface area contributed by atoms with Gasteiger partial charge in [-0.1, -0.05) is 12.2 Å². The van der Waals surface area contributed by atoms with Crippen molar-refractivity contribution in [2.24, 2.45) is 5.41 Å². The summed E-state index contributed by atoms with van der Waals surface area (Å²) in [5.74, 6) is -1.43. The maximum absolute atomic E-state index is 12.1. The van der Waals surface area contributed by atoms with Crippen molar-refractivity contribution in [2.75, 3.05) is 13.2 Å². The van der Waals surface area contributed by atoms with E-state index >= 15 is 0 Å². The van der Waals surface area contributed by atoms with Gasteiger partial charge < -0.3 is 9.47 Å². The van der Waals surface area contributed by atoms with E-state index in [2.05, 4.69) is 6.58 Å². The Morgan fingerprint density at radius 3 is 2.00 bits per heavy atom. The second-order valence-corrected chi connectivity index (χ2v) is 3.42. The van der Waals surface area contributed by atoms with E-state index in [1.807, 2.05) is 0 Å². The first-order valence-electron chi connectivity index (χ1n) is 6.53. The number of hydrogen-bond donors (Lipinski definition) is 0. The van der Waals surface area contributed by atoms with Gasteiger partial charge in [0.2, 0.25) is 0 Å². The van der Waals surface area contributed by atoms with Crippen LogP contribution in [0.4, 0.5) is 0 Å². The number of rotatable bonds is 8. The van der Waals surface area contributed by atoms with Crippen molar-refractivity contribution in [1.82, 2.24) is 0 Å². The Bertz CT molecular complexity index is 342. The molecule has 0 amide bonds. The summed E-state index contributed by atoms with van der Waals surface area (Å²) in [6, 6.07) is 0. The number of allylic oxidation sites excluding steroid dienone is 2. The fourth-order valence-electron chi connectivity index (χ4n) is 1.46. The van der Waals surface area contributed by atoms with Crippen molar-refractivity contribution in [1.29, 1.82) is 0 Å². The predicted molar refractivity (Wildman–Crippen MR) is 65.3 cm³/mol. The van der Waals surface area contributed by atoms with Crippen molar-refractivity contribution in [3.05, 3.63) is 25.3 Å². The molecule has 96 valence electrons. The average molecular weight is 242 g/mol. The van der Waals surface area contributed by atoms with Crippen LogP contribution in [-0.4, -0.2) is 25.2 Å². The molecular weight excluding hydrogens is 220 g/mol. The summed E-state index contributed by atoms with van der Waals surface area (Å²) in [6.07, 6.45) is 2.53. The molecule has 0 aliphatic rings. The Morgan fingerprint density at radius 2 is 1.65 bits per heavy atom. The number of ether oxygens (including phenoxy) is 2. The predicted octanol–water partition coefficient (Wildman–Crippen LogP) is 2.25. The van der Waals surface area contributed by atoms with Crippen molar-refractivity contribution >= 4 is 11.9 Å². The molecule has 0 aliphatic carbocycles. The first-order chi connectivity index (χ1) is 8.94. The minimum atomic E-state index is -1.55. The summed E-state index contributed by atoms with van der Waals surface area (Å²) in [5, 5.41) is 0. The van der Waals surface area contributed by atoms with Gasteiger partial charge in [-0.2, -0.15) is 0 Å². The lowest BCUT2D eigenvalue weighted by molar-refractivity contribution is -0.171. The van der Waals surface area contributed by atoms with Gasteiger partial charge in [0.1, 0.15) is 0 Å². The van der Waals surface area contributed by atoms with Gasteiger partial charge in [0.25, 0.3) is 0 Å². The van der Waals surface area contributed by atoms with Crippen LogP contribution in [0, 0.1) is 5.41 Å². The summed E-state index contributed by atoms with van der Waals surface area (Å²) in [6.45, 7) is 6.60. The lowest BCUT2D eigenvalue weighted by Crippen LogP contribution is -2.41. The standard InChI is InChI=1S/C13H20O4/c1-5-9-13(10-6-2,11(14)16-7-3)12(15)17-8-4/h5-6H,1-2,7-10H2,3-4H3/i1D2. The largest absolute Gasteiger partial charge is 0.465 e. The number of esters is 2. The molecule has 0 atom stereocenters. The van der Waals surface area contributed by atoms with E-state index in [0.29, 0.717) is 0 Å². The Balaban J connectivity index is 5.44. The fourth-order valence-corrected chi connectivity index (χ4v) is 1.46. The molecule has 0 aromatic heterocycles. The molecule has 0 rings (SSSR count). The Labute approximate surface area is 105 Å². The molecule has 0 bridgehead atoms. The van der Waals surface area contributed by atoms with E-state index in [4.69, 9.17) is 12.2 Å². The highest BCUT2D eigenvalue weighted by Gasteiger charge is 2.46. The molecule has 4 heteroatoms. The zero-order valence-electron chi connectivity index (χ0n) is 12.3. The van der Waals surface area contributed by atoms with E-state index in [1.165, 1.54) is 12.2 Å². The molecule has 0 saturated carbocycles. The molecule has 0 aromatic rings. The maximum atomic E-state index is 12.1. The van der Waals surface area contributed by atoms with Crippen molar-refractivity contribution in [3.8, 4) is 0 Å². The van der Waals surface area contributed by atoms with Gasteiger partial charge in [0, 0.05) is 0 Å². The topological polar surface area (TPSA) is 52.6 Å². The van der Waals surface area contributed by atoms with Crippen molar-refractivity contribution in [2.45, 2.75) is 26.7 Å². The molecule has 0 heterocycles. The maximum Gasteiger partial charge on any atom is 0.324 e. The highest BCUT2D eigenvalue weighted by Crippen LogP contribution is 2.31. The van der Waals surface area contributed by atoms with Gasteiger partial charge >= 0.3 is 11.9 Å². The number of hydrogen-bond acceptors (Lipinski definition) is 4. The second-order valence-electron chi connectivity index (χ2n) is 3.42. The van der Waals surface area contributed by atoms with Crippen LogP contribution in [0.1, 0.15) is 29.4 Å². The van der Waals surface area contributed by atoms with Crippen LogP contribution in [0.15, 0.2) is 25.3 Å². The highest BCUT2D eigenvalue weighted by atomic mass is 16.6. The number of carbonyl (C=O) groups excluding carboxylic acids is 2. The fraction of sp³-hybridized carbons (Fsp3) is 0.538. The molecule has 0 fully saturated rings. The Hall–Kier alpha value is -1.58. The lowest BCUT2D eigenvalue weighted by atomic mass is 9.81. The smallest absolute Gasteiger partial charge is 0.324 e. The molecule has 4 nitrogen and oxygen atoms in total. The molecule has 0 spiro atoms. The van der Waals surface area contributed by atoms with Gasteiger partial charge in [-0.3, -0.25) is 9.59 Å². The van der Waals surface area contributed by atoms with Gasteiger partial charge in [-0.05, 0) is 26.7 Å². The van der Waals surface area contributed by atoms with Crippen LogP contribution in [-0.2, 0) is 19.1 Å². The van der Waals surface area contributed by atoms with E-state index in [0.717, 1.165) is 0 Å². The summed E-state index contributed by atoms with van der Waals surface area (Å²) in [4.78, 5) is 24.1. The molecule has 0 unspecified atom stereocenters. The van der Waals surface area contributed by atoms with Crippen LogP contribution in [0.2, 0.25) is 0 Å². The summed E-state index contributed by atoms with van der Waals surface area (Å²) in [7, 11) is 0. The second kappa shape index (κ2) is 7.65. The van der Waals surface area contributed by atoms with E-state index in [9.17, 15) is 9.59 Å². The van der Waals surface area contributed by atoms with Gasteiger partial charge in [-0.15, -0.1) is 13.1 Å². The van der Waals surface area contributed by atoms with Crippen LogP contribution >= 0.6 is 0 Å². The van der Waals surface area contributed by atoms with Crippen LogP contribution in [0.3, 0.4) is 0 Å². The summed E-state index contributed by atoms with van der Waals surface area (Å²) >= 11 is 0. The minimum absolute atomic E-state index is 0.0362. The third kappa shape index (κ3) is 3.73. The molecule has 0 radical (unpaired) electrons. The van der Waals surface area contributed by atoms with Crippen LogP contribution in [0.5, 0.6) is 0 Å². The first-order valence-corrected chi connectivity index (χ1v) is 5.53. The first kappa shape index (κ1) is 11.9. The normalized spacial score (nSPS) is 11.9. The van der Waals surface area contributed by atoms with Gasteiger partial charge in [0.15, 0.2) is 5.41 Å². The van der Waals surface area contributed by atoms with Gasteiger partial charge in [0.05, 0.1) is 16.0 Å². The zero-order valence-corrected chi connectivity index (χ0v) is 10.3.